The molecule has 0 fully saturated rings. The summed E-state index contributed by atoms with van der Waals surface area (Å²) in [5.74, 6) is -0.827. The van der Waals surface area contributed by atoms with Crippen LogP contribution in [0.5, 0.6) is 5.75 Å². The number of hydrogen-bond acceptors (Lipinski definition) is 4. The van der Waals surface area contributed by atoms with Gasteiger partial charge < -0.3 is 9.84 Å². The van der Waals surface area contributed by atoms with E-state index in [4.69, 9.17) is 10.00 Å². The Morgan fingerprint density at radius 3 is 2.67 bits per heavy atom. The highest BCUT2D eigenvalue weighted by atomic mass is 16.5. The summed E-state index contributed by atoms with van der Waals surface area (Å²) in [5.41, 5.74) is 0.372. The fourth-order valence-corrected chi connectivity index (χ4v) is 1.05. The molecule has 0 heterocycles. The average molecular weight is 205 g/mol. The molecule has 4 heteroatoms. The Morgan fingerprint density at radius 1 is 1.53 bits per heavy atom. The lowest BCUT2D eigenvalue weighted by Gasteiger charge is -2.08. The maximum atomic E-state index is 11.4. The van der Waals surface area contributed by atoms with E-state index in [2.05, 4.69) is 0 Å². The zero-order chi connectivity index (χ0) is 11.4. The first-order valence-electron chi connectivity index (χ1n) is 4.48. The van der Waals surface area contributed by atoms with Crippen LogP contribution in [0.4, 0.5) is 0 Å². The highest BCUT2D eigenvalue weighted by Crippen LogP contribution is 2.19. The molecule has 0 aliphatic carbocycles. The molecular formula is C11H11NO3. The molecule has 0 radical (unpaired) electrons. The fraction of sp³-hybridized carbons (Fsp3) is 0.273. The number of ether oxygens (including phenoxy) is 1. The number of esters is 1. The van der Waals surface area contributed by atoms with E-state index in [0.29, 0.717) is 5.56 Å². The third kappa shape index (κ3) is 2.71. The molecule has 4 nitrogen and oxygen atoms in total. The van der Waals surface area contributed by atoms with Gasteiger partial charge in [0.2, 0.25) is 0 Å². The molecule has 0 saturated carbocycles. The van der Waals surface area contributed by atoms with E-state index in [1.165, 1.54) is 18.2 Å². The van der Waals surface area contributed by atoms with Crippen molar-refractivity contribution in [2.45, 2.75) is 20.0 Å². The second-order valence-corrected chi connectivity index (χ2v) is 3.30. The Morgan fingerprint density at radius 2 is 2.20 bits per heavy atom. The molecule has 0 aromatic heterocycles. The van der Waals surface area contributed by atoms with E-state index < -0.39 is 5.97 Å². The fourth-order valence-electron chi connectivity index (χ4n) is 1.05. The third-order valence-electron chi connectivity index (χ3n) is 1.69. The number of carbonyl (C=O) groups excluding carboxylic acids is 1. The maximum absolute atomic E-state index is 11.4. The number of benzene rings is 1. The molecule has 0 atom stereocenters. The SMILES string of the molecule is CC(C)OC(=O)c1ccc(C#N)cc1O. The molecule has 15 heavy (non-hydrogen) atoms. The second-order valence-electron chi connectivity index (χ2n) is 3.30. The summed E-state index contributed by atoms with van der Waals surface area (Å²) in [6.07, 6.45) is -0.243. The van der Waals surface area contributed by atoms with Crippen LogP contribution in [0.1, 0.15) is 29.8 Å². The van der Waals surface area contributed by atoms with E-state index in [9.17, 15) is 9.90 Å². The van der Waals surface area contributed by atoms with Crippen LogP contribution in [0.3, 0.4) is 0 Å². The van der Waals surface area contributed by atoms with Crippen LogP contribution in [-0.4, -0.2) is 17.2 Å². The van der Waals surface area contributed by atoms with Gasteiger partial charge in [-0.2, -0.15) is 5.26 Å². The Hall–Kier alpha value is -2.02. The molecule has 1 rings (SSSR count). The number of carbonyl (C=O) groups is 1. The minimum atomic E-state index is -0.591. The predicted molar refractivity (Wildman–Crippen MR) is 53.4 cm³/mol. The van der Waals surface area contributed by atoms with Gasteiger partial charge in [0.25, 0.3) is 0 Å². The highest BCUT2D eigenvalue weighted by molar-refractivity contribution is 5.92. The van der Waals surface area contributed by atoms with Gasteiger partial charge in [0, 0.05) is 0 Å². The molecule has 0 bridgehead atoms. The molecule has 0 saturated heterocycles. The van der Waals surface area contributed by atoms with Crippen LogP contribution in [0, 0.1) is 11.3 Å². The zero-order valence-electron chi connectivity index (χ0n) is 8.52. The lowest BCUT2D eigenvalue weighted by molar-refractivity contribution is 0.0375. The zero-order valence-corrected chi connectivity index (χ0v) is 8.52. The molecule has 1 N–H and O–H groups in total. The Kier molecular flexibility index (Phi) is 3.29. The molecule has 1 aromatic rings. The summed E-state index contributed by atoms with van der Waals surface area (Å²) in [6, 6.07) is 5.92. The van der Waals surface area contributed by atoms with Crippen molar-refractivity contribution in [3.8, 4) is 11.8 Å². The van der Waals surface area contributed by atoms with Crippen molar-refractivity contribution in [2.75, 3.05) is 0 Å². The molecule has 78 valence electrons. The number of nitriles is 1. The van der Waals surface area contributed by atoms with Crippen LogP contribution in [0.25, 0.3) is 0 Å². The van der Waals surface area contributed by atoms with Crippen molar-refractivity contribution in [2.24, 2.45) is 0 Å². The number of phenols is 1. The van der Waals surface area contributed by atoms with E-state index in [0.717, 1.165) is 0 Å². The van der Waals surface area contributed by atoms with Gasteiger partial charge >= 0.3 is 5.97 Å². The van der Waals surface area contributed by atoms with Gasteiger partial charge in [-0.3, -0.25) is 0 Å². The average Bonchev–Trinajstić information content (AvgIpc) is 2.16. The first-order valence-corrected chi connectivity index (χ1v) is 4.48. The molecule has 1 aromatic carbocycles. The maximum Gasteiger partial charge on any atom is 0.342 e. The van der Waals surface area contributed by atoms with Gasteiger partial charge in [-0.05, 0) is 32.0 Å². The van der Waals surface area contributed by atoms with Crippen LogP contribution in [0.15, 0.2) is 18.2 Å². The lowest BCUT2D eigenvalue weighted by Crippen LogP contribution is -2.11. The normalized spacial score (nSPS) is 9.73. The van der Waals surface area contributed by atoms with Gasteiger partial charge in [-0.25, -0.2) is 4.79 Å². The topological polar surface area (TPSA) is 70.3 Å². The van der Waals surface area contributed by atoms with Crippen molar-refractivity contribution in [1.29, 1.82) is 5.26 Å². The van der Waals surface area contributed by atoms with Crippen LogP contribution in [0.2, 0.25) is 0 Å². The standard InChI is InChI=1S/C11H11NO3/c1-7(2)15-11(14)9-4-3-8(6-12)5-10(9)13/h3-5,7,13H,1-2H3. The minimum Gasteiger partial charge on any atom is -0.507 e. The summed E-state index contributed by atoms with van der Waals surface area (Å²) >= 11 is 0. The third-order valence-corrected chi connectivity index (χ3v) is 1.69. The Labute approximate surface area is 87.7 Å². The van der Waals surface area contributed by atoms with Gasteiger partial charge in [-0.1, -0.05) is 0 Å². The predicted octanol–water partition coefficient (Wildman–Crippen LogP) is 1.83. The molecule has 0 spiro atoms. The van der Waals surface area contributed by atoms with Gasteiger partial charge in [0.05, 0.1) is 17.7 Å². The van der Waals surface area contributed by atoms with Crippen molar-refractivity contribution >= 4 is 5.97 Å². The summed E-state index contributed by atoms with van der Waals surface area (Å²) in [7, 11) is 0. The van der Waals surface area contributed by atoms with Crippen molar-refractivity contribution < 1.29 is 14.6 Å². The monoisotopic (exact) mass is 205 g/mol. The van der Waals surface area contributed by atoms with E-state index in [1.54, 1.807) is 13.8 Å². The highest BCUT2D eigenvalue weighted by Gasteiger charge is 2.14. The molecule has 0 aliphatic heterocycles. The number of aromatic hydroxyl groups is 1. The number of phenolic OH excluding ortho intramolecular Hbond substituents is 1. The first kappa shape index (κ1) is 11.1. The number of nitrogens with zero attached hydrogens (tertiary/aromatic N) is 1. The largest absolute Gasteiger partial charge is 0.507 e. The van der Waals surface area contributed by atoms with Crippen LogP contribution < -0.4 is 0 Å². The molecular weight excluding hydrogens is 194 g/mol. The second kappa shape index (κ2) is 4.47. The van der Waals surface area contributed by atoms with Crippen LogP contribution >= 0.6 is 0 Å². The lowest BCUT2D eigenvalue weighted by atomic mass is 10.1. The number of hydrogen-bond donors (Lipinski definition) is 1. The Balaban J connectivity index is 2.97. The molecule has 0 amide bonds. The van der Waals surface area contributed by atoms with Gasteiger partial charge in [0.1, 0.15) is 11.3 Å². The van der Waals surface area contributed by atoms with Crippen molar-refractivity contribution in [3.05, 3.63) is 29.3 Å². The van der Waals surface area contributed by atoms with Gasteiger partial charge in [-0.15, -0.1) is 0 Å². The van der Waals surface area contributed by atoms with Gasteiger partial charge in [0.15, 0.2) is 0 Å². The summed E-state index contributed by atoms with van der Waals surface area (Å²) in [4.78, 5) is 11.4. The summed E-state index contributed by atoms with van der Waals surface area (Å²) in [5, 5.41) is 18.0. The summed E-state index contributed by atoms with van der Waals surface area (Å²) < 4.78 is 4.91. The summed E-state index contributed by atoms with van der Waals surface area (Å²) in [6.45, 7) is 3.44. The van der Waals surface area contributed by atoms with E-state index >= 15 is 0 Å². The first-order chi connectivity index (χ1) is 7.04. The minimum absolute atomic E-state index is 0.0719. The molecule has 0 unspecified atom stereocenters. The quantitative estimate of drug-likeness (QED) is 0.747. The van der Waals surface area contributed by atoms with E-state index in [1.807, 2.05) is 6.07 Å². The molecule has 0 aliphatic rings. The van der Waals surface area contributed by atoms with E-state index in [-0.39, 0.29) is 17.4 Å². The smallest absolute Gasteiger partial charge is 0.342 e. The Bertz CT molecular complexity index is 418. The van der Waals surface area contributed by atoms with Crippen molar-refractivity contribution in [1.82, 2.24) is 0 Å². The van der Waals surface area contributed by atoms with Crippen LogP contribution in [-0.2, 0) is 4.74 Å². The number of rotatable bonds is 2. The van der Waals surface area contributed by atoms with Crippen molar-refractivity contribution in [3.63, 3.8) is 0 Å².